The summed E-state index contributed by atoms with van der Waals surface area (Å²) in [4.78, 5) is 9.06. The molecule has 0 amide bonds. The van der Waals surface area contributed by atoms with E-state index in [0.29, 0.717) is 12.6 Å². The van der Waals surface area contributed by atoms with Crippen LogP contribution < -0.4 is 19.9 Å². The number of rotatable bonds is 9. The van der Waals surface area contributed by atoms with Gasteiger partial charge in [-0.25, -0.2) is 4.98 Å². The smallest absolute Gasteiger partial charge is 0.142 e. The van der Waals surface area contributed by atoms with Crippen molar-refractivity contribution in [3.05, 3.63) is 48.2 Å². The minimum Gasteiger partial charge on any atom is -0.495 e. The largest absolute Gasteiger partial charge is 0.495 e. The monoisotopic (exact) mass is 370 g/mol. The SMILES string of the molecule is COCCN(C)c1ccc(CNC2CCN(c3ccccc3OC)C2)cn1. The number of aromatic nitrogens is 1. The Hall–Kier alpha value is -2.31. The van der Waals surface area contributed by atoms with Gasteiger partial charge in [0.05, 0.1) is 19.4 Å². The molecule has 2 aromatic rings. The Morgan fingerprint density at radius 1 is 1.22 bits per heavy atom. The third-order valence-electron chi connectivity index (χ3n) is 5.04. The fourth-order valence-electron chi connectivity index (χ4n) is 3.39. The Labute approximate surface area is 162 Å². The molecule has 6 heteroatoms. The van der Waals surface area contributed by atoms with Crippen molar-refractivity contribution in [2.75, 3.05) is 57.3 Å². The predicted molar refractivity (Wildman–Crippen MR) is 110 cm³/mol. The zero-order valence-electron chi connectivity index (χ0n) is 16.5. The molecule has 1 aliphatic heterocycles. The van der Waals surface area contributed by atoms with Crippen LogP contribution in [0.4, 0.5) is 11.5 Å². The van der Waals surface area contributed by atoms with E-state index in [4.69, 9.17) is 9.47 Å². The molecule has 0 bridgehead atoms. The summed E-state index contributed by atoms with van der Waals surface area (Å²) < 4.78 is 10.6. The van der Waals surface area contributed by atoms with Crippen molar-refractivity contribution in [1.29, 1.82) is 0 Å². The fraction of sp³-hybridized carbons (Fsp3) is 0.476. The Morgan fingerprint density at radius 2 is 2.07 bits per heavy atom. The van der Waals surface area contributed by atoms with E-state index in [-0.39, 0.29) is 0 Å². The van der Waals surface area contributed by atoms with Crippen LogP contribution in [0.1, 0.15) is 12.0 Å². The quantitative estimate of drug-likeness (QED) is 0.732. The van der Waals surface area contributed by atoms with Gasteiger partial charge in [0.15, 0.2) is 0 Å². The Bertz CT molecular complexity index is 708. The molecule has 1 aromatic carbocycles. The molecule has 1 aromatic heterocycles. The Balaban J connectivity index is 1.49. The summed E-state index contributed by atoms with van der Waals surface area (Å²) >= 11 is 0. The third-order valence-corrected chi connectivity index (χ3v) is 5.04. The van der Waals surface area contributed by atoms with E-state index in [2.05, 4.69) is 44.4 Å². The minimum absolute atomic E-state index is 0.471. The molecular formula is C21H30N4O2. The molecule has 27 heavy (non-hydrogen) atoms. The summed E-state index contributed by atoms with van der Waals surface area (Å²) in [7, 11) is 5.48. The highest BCUT2D eigenvalue weighted by Crippen LogP contribution is 2.30. The zero-order valence-corrected chi connectivity index (χ0v) is 16.5. The fourth-order valence-corrected chi connectivity index (χ4v) is 3.39. The second kappa shape index (κ2) is 9.58. The molecular weight excluding hydrogens is 340 g/mol. The molecule has 3 rings (SSSR count). The lowest BCUT2D eigenvalue weighted by Crippen LogP contribution is -2.32. The van der Waals surface area contributed by atoms with Crippen LogP contribution in [0.5, 0.6) is 5.75 Å². The van der Waals surface area contributed by atoms with Gasteiger partial charge in [0.2, 0.25) is 0 Å². The molecule has 1 atom stereocenters. The minimum atomic E-state index is 0.471. The second-order valence-corrected chi connectivity index (χ2v) is 6.92. The maximum atomic E-state index is 5.50. The summed E-state index contributed by atoms with van der Waals surface area (Å²) in [6, 6.07) is 12.9. The van der Waals surface area contributed by atoms with Crippen molar-refractivity contribution in [3.63, 3.8) is 0 Å². The number of nitrogens with zero attached hydrogens (tertiary/aromatic N) is 3. The van der Waals surface area contributed by atoms with Gasteiger partial charge in [-0.05, 0) is 30.2 Å². The molecule has 1 aliphatic rings. The molecule has 146 valence electrons. The lowest BCUT2D eigenvalue weighted by Gasteiger charge is -2.21. The maximum absolute atomic E-state index is 5.50. The van der Waals surface area contributed by atoms with Crippen molar-refractivity contribution >= 4 is 11.5 Å². The molecule has 0 radical (unpaired) electrons. The molecule has 2 heterocycles. The first-order valence-corrected chi connectivity index (χ1v) is 9.47. The third kappa shape index (κ3) is 5.11. The molecule has 6 nitrogen and oxygen atoms in total. The number of hydrogen-bond acceptors (Lipinski definition) is 6. The van der Waals surface area contributed by atoms with Crippen LogP contribution in [-0.4, -0.2) is 58.5 Å². The zero-order chi connectivity index (χ0) is 19.1. The van der Waals surface area contributed by atoms with Gasteiger partial charge in [-0.15, -0.1) is 0 Å². The van der Waals surface area contributed by atoms with Crippen LogP contribution in [0.3, 0.4) is 0 Å². The molecule has 0 spiro atoms. The first-order valence-electron chi connectivity index (χ1n) is 9.47. The van der Waals surface area contributed by atoms with E-state index < -0.39 is 0 Å². The number of ether oxygens (including phenoxy) is 2. The van der Waals surface area contributed by atoms with Crippen molar-refractivity contribution in [2.24, 2.45) is 0 Å². The Kier molecular flexibility index (Phi) is 6.90. The molecule has 1 unspecified atom stereocenters. The molecule has 0 aliphatic carbocycles. The van der Waals surface area contributed by atoms with Gasteiger partial charge in [-0.2, -0.15) is 0 Å². The van der Waals surface area contributed by atoms with Crippen molar-refractivity contribution in [1.82, 2.24) is 10.3 Å². The highest BCUT2D eigenvalue weighted by molar-refractivity contribution is 5.59. The van der Waals surface area contributed by atoms with Crippen LogP contribution >= 0.6 is 0 Å². The average Bonchev–Trinajstić information content (AvgIpc) is 3.19. The second-order valence-electron chi connectivity index (χ2n) is 6.92. The van der Waals surface area contributed by atoms with E-state index in [0.717, 1.165) is 44.2 Å². The van der Waals surface area contributed by atoms with Crippen LogP contribution in [0.2, 0.25) is 0 Å². The van der Waals surface area contributed by atoms with Gasteiger partial charge in [0.1, 0.15) is 11.6 Å². The lowest BCUT2D eigenvalue weighted by molar-refractivity contribution is 0.206. The highest BCUT2D eigenvalue weighted by Gasteiger charge is 2.24. The van der Waals surface area contributed by atoms with Crippen molar-refractivity contribution < 1.29 is 9.47 Å². The number of nitrogens with one attached hydrogen (secondary N) is 1. The van der Waals surface area contributed by atoms with Gasteiger partial charge in [0, 0.05) is 52.6 Å². The normalized spacial score (nSPS) is 16.6. The summed E-state index contributed by atoms with van der Waals surface area (Å²) in [5.74, 6) is 1.91. The summed E-state index contributed by atoms with van der Waals surface area (Å²) in [5, 5.41) is 3.66. The number of pyridine rings is 1. The van der Waals surface area contributed by atoms with Crippen LogP contribution in [0.25, 0.3) is 0 Å². The van der Waals surface area contributed by atoms with Gasteiger partial charge < -0.3 is 24.6 Å². The van der Waals surface area contributed by atoms with Gasteiger partial charge in [-0.3, -0.25) is 0 Å². The standard InChI is InChI=1S/C21H30N4O2/c1-24(12-13-26-2)21-9-8-17(15-23-21)14-22-18-10-11-25(16-18)19-6-4-5-7-20(19)27-3/h4-9,15,18,22H,10-14,16H2,1-3H3. The van der Waals surface area contributed by atoms with Crippen LogP contribution in [0, 0.1) is 0 Å². The molecule has 1 fully saturated rings. The van der Waals surface area contributed by atoms with E-state index in [1.807, 2.05) is 25.4 Å². The number of benzene rings is 1. The van der Waals surface area contributed by atoms with Gasteiger partial charge >= 0.3 is 0 Å². The molecule has 1 N–H and O–H groups in total. The molecule has 1 saturated heterocycles. The lowest BCUT2D eigenvalue weighted by atomic mass is 10.2. The molecule has 0 saturated carbocycles. The number of hydrogen-bond donors (Lipinski definition) is 1. The topological polar surface area (TPSA) is 49.9 Å². The number of para-hydroxylation sites is 2. The van der Waals surface area contributed by atoms with Crippen molar-refractivity contribution in [3.8, 4) is 5.75 Å². The average molecular weight is 370 g/mol. The predicted octanol–water partition coefficient (Wildman–Crippen LogP) is 2.54. The van der Waals surface area contributed by atoms with Crippen LogP contribution in [-0.2, 0) is 11.3 Å². The van der Waals surface area contributed by atoms with Crippen molar-refractivity contribution in [2.45, 2.75) is 19.0 Å². The Morgan fingerprint density at radius 3 is 2.81 bits per heavy atom. The van der Waals surface area contributed by atoms with E-state index >= 15 is 0 Å². The van der Waals surface area contributed by atoms with E-state index in [1.165, 1.54) is 11.3 Å². The van der Waals surface area contributed by atoms with Gasteiger partial charge in [-0.1, -0.05) is 18.2 Å². The first-order chi connectivity index (χ1) is 13.2. The maximum Gasteiger partial charge on any atom is 0.142 e. The number of methoxy groups -OCH3 is 2. The van der Waals surface area contributed by atoms with Gasteiger partial charge in [0.25, 0.3) is 0 Å². The summed E-state index contributed by atoms with van der Waals surface area (Å²) in [6.07, 6.45) is 3.09. The number of anilines is 2. The van der Waals surface area contributed by atoms with E-state index in [9.17, 15) is 0 Å². The first kappa shape index (κ1) is 19.5. The highest BCUT2D eigenvalue weighted by atomic mass is 16.5. The van der Waals surface area contributed by atoms with Crippen LogP contribution in [0.15, 0.2) is 42.6 Å². The summed E-state index contributed by atoms with van der Waals surface area (Å²) in [6.45, 7) is 4.40. The van der Waals surface area contributed by atoms with E-state index in [1.54, 1.807) is 14.2 Å². The summed E-state index contributed by atoms with van der Waals surface area (Å²) in [5.41, 5.74) is 2.38. The number of likely N-dealkylation sites (N-methyl/N-ethyl adjacent to an activating group) is 1.